The third kappa shape index (κ3) is 5.77. The molecule has 7 nitrogen and oxygen atoms in total. The Labute approximate surface area is 165 Å². The summed E-state index contributed by atoms with van der Waals surface area (Å²) in [7, 11) is 0. The Bertz CT molecular complexity index is 748. The minimum absolute atomic E-state index is 0.121. The van der Waals surface area contributed by atoms with Crippen LogP contribution in [-0.4, -0.2) is 42.0 Å². The normalized spacial score (nSPS) is 21.8. The molecule has 0 saturated carbocycles. The van der Waals surface area contributed by atoms with E-state index in [0.717, 1.165) is 6.07 Å². The van der Waals surface area contributed by atoms with Crippen LogP contribution in [-0.2, 0) is 31.0 Å². The van der Waals surface area contributed by atoms with Gasteiger partial charge in [0.25, 0.3) is 0 Å². The van der Waals surface area contributed by atoms with Gasteiger partial charge in [-0.3, -0.25) is 14.9 Å². The second-order valence-electron chi connectivity index (χ2n) is 6.89. The number of amides is 1. The van der Waals surface area contributed by atoms with Crippen LogP contribution in [0.1, 0.15) is 43.7 Å². The Morgan fingerprint density at radius 3 is 2.55 bits per heavy atom. The van der Waals surface area contributed by atoms with E-state index in [4.69, 9.17) is 9.84 Å². The maximum atomic E-state index is 13.6. The van der Waals surface area contributed by atoms with Crippen LogP contribution in [0.15, 0.2) is 24.3 Å². The van der Waals surface area contributed by atoms with Crippen LogP contribution in [0.5, 0.6) is 0 Å². The smallest absolute Gasteiger partial charge is 0.416 e. The molecule has 1 aliphatic rings. The molecule has 0 bridgehead atoms. The van der Waals surface area contributed by atoms with E-state index in [1.807, 2.05) is 0 Å². The van der Waals surface area contributed by atoms with Gasteiger partial charge in [0, 0.05) is 12.2 Å². The summed E-state index contributed by atoms with van der Waals surface area (Å²) in [5.74, 6) is -1.99. The first kappa shape index (κ1) is 22.8. The van der Waals surface area contributed by atoms with Gasteiger partial charge in [0.15, 0.2) is 0 Å². The molecule has 1 aromatic carbocycles. The first-order valence-electron chi connectivity index (χ1n) is 9.15. The van der Waals surface area contributed by atoms with Gasteiger partial charge < -0.3 is 20.0 Å². The van der Waals surface area contributed by atoms with Crippen LogP contribution in [0.25, 0.3) is 0 Å². The average molecular weight is 416 g/mol. The summed E-state index contributed by atoms with van der Waals surface area (Å²) in [6.07, 6.45) is -3.44. The molecule has 2 rings (SSSR count). The molecule has 1 fully saturated rings. The summed E-state index contributed by atoms with van der Waals surface area (Å²) >= 11 is 0. The van der Waals surface area contributed by atoms with E-state index in [0.29, 0.717) is 19.1 Å². The van der Waals surface area contributed by atoms with Crippen molar-refractivity contribution in [2.45, 2.75) is 56.6 Å². The van der Waals surface area contributed by atoms with Crippen molar-refractivity contribution in [1.82, 2.24) is 10.6 Å². The third-order valence-corrected chi connectivity index (χ3v) is 4.67. The van der Waals surface area contributed by atoms with Crippen LogP contribution >= 0.6 is 0 Å². The number of benzene rings is 1. The predicted octanol–water partition coefficient (Wildman–Crippen LogP) is 2.20. The van der Waals surface area contributed by atoms with Crippen molar-refractivity contribution in [2.24, 2.45) is 0 Å². The van der Waals surface area contributed by atoms with Crippen molar-refractivity contribution in [1.29, 1.82) is 0 Å². The van der Waals surface area contributed by atoms with Crippen molar-refractivity contribution in [3.8, 4) is 0 Å². The fraction of sp³-hybridized carbons (Fsp3) is 0.526. The molecule has 1 saturated heterocycles. The van der Waals surface area contributed by atoms with Gasteiger partial charge in [0.1, 0.15) is 12.0 Å². The van der Waals surface area contributed by atoms with Gasteiger partial charge in [-0.05, 0) is 32.3 Å². The molecule has 1 heterocycles. The summed E-state index contributed by atoms with van der Waals surface area (Å²) in [5, 5.41) is 13.9. The van der Waals surface area contributed by atoms with Crippen molar-refractivity contribution in [3.63, 3.8) is 0 Å². The van der Waals surface area contributed by atoms with E-state index in [2.05, 4.69) is 10.6 Å². The highest BCUT2D eigenvalue weighted by atomic mass is 19.4. The fourth-order valence-electron chi connectivity index (χ4n) is 3.33. The fourth-order valence-corrected chi connectivity index (χ4v) is 3.33. The molecule has 1 aromatic rings. The number of aliphatic carboxylic acids is 1. The molecule has 0 radical (unpaired) electrons. The first-order chi connectivity index (χ1) is 13.6. The van der Waals surface area contributed by atoms with Crippen LogP contribution < -0.4 is 10.6 Å². The van der Waals surface area contributed by atoms with E-state index >= 15 is 0 Å². The molecule has 29 heavy (non-hydrogen) atoms. The molecule has 1 aliphatic heterocycles. The lowest BCUT2D eigenvalue weighted by atomic mass is 9.89. The number of carboxylic acids is 1. The lowest BCUT2D eigenvalue weighted by Crippen LogP contribution is -2.57. The first-order valence-corrected chi connectivity index (χ1v) is 9.15. The predicted molar refractivity (Wildman–Crippen MR) is 95.8 cm³/mol. The largest absolute Gasteiger partial charge is 0.481 e. The Morgan fingerprint density at radius 1 is 1.31 bits per heavy atom. The highest BCUT2D eigenvalue weighted by Gasteiger charge is 2.44. The van der Waals surface area contributed by atoms with Gasteiger partial charge in [-0.15, -0.1) is 0 Å². The number of carbonyl (C=O) groups is 3. The topological polar surface area (TPSA) is 105 Å². The Balaban J connectivity index is 2.29. The van der Waals surface area contributed by atoms with Gasteiger partial charge in [-0.2, -0.15) is 13.2 Å². The molecule has 0 aliphatic carbocycles. The number of rotatable bonds is 8. The highest BCUT2D eigenvalue weighted by Crippen LogP contribution is 2.41. The summed E-state index contributed by atoms with van der Waals surface area (Å²) in [5.41, 5.74) is -2.52. The molecular formula is C19H23F3N2O5. The maximum absolute atomic E-state index is 13.6. The van der Waals surface area contributed by atoms with E-state index in [1.54, 1.807) is 0 Å². The van der Waals surface area contributed by atoms with Crippen LogP contribution in [0, 0.1) is 0 Å². The van der Waals surface area contributed by atoms with E-state index < -0.39 is 47.8 Å². The van der Waals surface area contributed by atoms with Gasteiger partial charge in [0.2, 0.25) is 5.91 Å². The minimum atomic E-state index is -4.61. The summed E-state index contributed by atoms with van der Waals surface area (Å²) in [4.78, 5) is 34.2. The second-order valence-corrected chi connectivity index (χ2v) is 6.89. The zero-order valence-corrected chi connectivity index (χ0v) is 15.8. The van der Waals surface area contributed by atoms with Crippen LogP contribution in [0.2, 0.25) is 0 Å². The molecule has 10 heteroatoms. The highest BCUT2D eigenvalue weighted by molar-refractivity contribution is 5.85. The molecular weight excluding hydrogens is 393 g/mol. The van der Waals surface area contributed by atoms with Crippen molar-refractivity contribution in [2.75, 3.05) is 6.61 Å². The number of aldehydes is 1. The van der Waals surface area contributed by atoms with Crippen molar-refractivity contribution < 1.29 is 37.4 Å². The summed E-state index contributed by atoms with van der Waals surface area (Å²) < 4.78 is 46.4. The number of carboxylic acid groups (broad SMARTS) is 1. The number of halogens is 3. The summed E-state index contributed by atoms with van der Waals surface area (Å²) in [6, 6.07) is 2.72. The van der Waals surface area contributed by atoms with Crippen molar-refractivity contribution in [3.05, 3.63) is 35.4 Å². The monoisotopic (exact) mass is 416 g/mol. The second kappa shape index (κ2) is 9.36. The molecule has 3 N–H and O–H groups in total. The Morgan fingerprint density at radius 2 is 2.00 bits per heavy atom. The minimum Gasteiger partial charge on any atom is -0.481 e. The van der Waals surface area contributed by atoms with E-state index in [9.17, 15) is 27.6 Å². The lowest BCUT2D eigenvalue weighted by Gasteiger charge is -2.41. The van der Waals surface area contributed by atoms with Crippen molar-refractivity contribution >= 4 is 18.2 Å². The van der Waals surface area contributed by atoms with Gasteiger partial charge in [-0.25, -0.2) is 0 Å². The molecule has 0 spiro atoms. The zero-order valence-electron chi connectivity index (χ0n) is 15.8. The number of hydrogen-bond acceptors (Lipinski definition) is 5. The SMILES string of the molecule is C[C@H](NC1(c2ccccc2C(F)(F)F)CCCCO1)C(=O)N[C@H](C=O)CC(=O)O. The van der Waals surface area contributed by atoms with E-state index in [-0.39, 0.29) is 18.6 Å². The molecule has 3 atom stereocenters. The Hall–Kier alpha value is -2.46. The average Bonchev–Trinajstić information content (AvgIpc) is 2.67. The lowest BCUT2D eigenvalue weighted by molar-refractivity contribution is -0.152. The number of ether oxygens (including phenoxy) is 1. The molecule has 0 aromatic heterocycles. The standard InChI is InChI=1S/C19H23F3N2O5/c1-12(17(28)23-13(11-25)10-16(26)27)24-18(8-4-5-9-29-18)14-6-2-3-7-15(14)19(20,21)22/h2-3,6-7,11-13,24H,4-5,8-10H2,1H3,(H,23,28)(H,26,27)/t12-,13-,18?/m0/s1. The molecule has 160 valence electrons. The van der Waals surface area contributed by atoms with Gasteiger partial charge in [-0.1, -0.05) is 18.2 Å². The maximum Gasteiger partial charge on any atom is 0.416 e. The molecule has 1 amide bonds. The van der Waals surface area contributed by atoms with Gasteiger partial charge in [0.05, 0.1) is 24.1 Å². The number of alkyl halides is 3. The zero-order chi connectivity index (χ0) is 21.7. The summed E-state index contributed by atoms with van der Waals surface area (Å²) in [6.45, 7) is 1.62. The van der Waals surface area contributed by atoms with Crippen LogP contribution in [0.3, 0.4) is 0 Å². The quantitative estimate of drug-likeness (QED) is 0.562. The molecule has 1 unspecified atom stereocenters. The number of hydrogen-bond donors (Lipinski definition) is 3. The Kier molecular flexibility index (Phi) is 7.37. The number of carbonyl (C=O) groups excluding carboxylic acids is 2. The van der Waals surface area contributed by atoms with Gasteiger partial charge >= 0.3 is 12.1 Å². The third-order valence-electron chi connectivity index (χ3n) is 4.67. The van der Waals surface area contributed by atoms with E-state index in [1.165, 1.54) is 25.1 Å². The van der Waals surface area contributed by atoms with Crippen LogP contribution in [0.4, 0.5) is 13.2 Å². The number of nitrogens with one attached hydrogen (secondary N) is 2.